The van der Waals surface area contributed by atoms with E-state index in [4.69, 9.17) is 18.4 Å². The Hall–Kier alpha value is -2.55. The molecule has 0 saturated carbocycles. The van der Waals surface area contributed by atoms with Crippen molar-refractivity contribution >= 4 is 11.8 Å². The zero-order valence-electron chi connectivity index (χ0n) is 15.3. The first-order valence-electron chi connectivity index (χ1n) is 7.92. The van der Waals surface area contributed by atoms with Crippen molar-refractivity contribution in [3.05, 3.63) is 29.9 Å². The average molecular weight is 376 g/mol. The molecule has 3 aromatic rings. The third-order valence-electron chi connectivity index (χ3n) is 3.46. The summed E-state index contributed by atoms with van der Waals surface area (Å²) in [4.78, 5) is 4.39. The third kappa shape index (κ3) is 4.16. The molecule has 9 heteroatoms. The summed E-state index contributed by atoms with van der Waals surface area (Å²) < 4.78 is 21.5. The fourth-order valence-corrected chi connectivity index (χ4v) is 2.66. The number of methoxy groups -OCH3 is 2. The van der Waals surface area contributed by atoms with Gasteiger partial charge in [-0.25, -0.2) is 0 Å². The van der Waals surface area contributed by atoms with Crippen LogP contribution in [-0.4, -0.2) is 34.6 Å². The van der Waals surface area contributed by atoms with Crippen molar-refractivity contribution < 1.29 is 18.4 Å². The summed E-state index contributed by atoms with van der Waals surface area (Å²) in [7, 11) is 3.17. The van der Waals surface area contributed by atoms with E-state index >= 15 is 0 Å². The lowest BCUT2D eigenvalue weighted by Gasteiger charge is -2.10. The quantitative estimate of drug-likeness (QED) is 0.596. The Morgan fingerprint density at radius 2 is 1.73 bits per heavy atom. The fraction of sp³-hybridized carbons (Fsp3) is 0.412. The molecular weight excluding hydrogens is 356 g/mol. The Labute approximate surface area is 155 Å². The summed E-state index contributed by atoms with van der Waals surface area (Å²) in [6, 6.07) is 5.38. The predicted octanol–water partition coefficient (Wildman–Crippen LogP) is 3.73. The number of thioether (sulfide) groups is 1. The second-order valence-electron chi connectivity index (χ2n) is 6.52. The van der Waals surface area contributed by atoms with Gasteiger partial charge in [0.05, 0.1) is 20.0 Å². The molecule has 0 spiro atoms. The lowest BCUT2D eigenvalue weighted by Crippen LogP contribution is -2.13. The van der Waals surface area contributed by atoms with E-state index in [0.29, 0.717) is 45.6 Å². The largest absolute Gasteiger partial charge is 0.497 e. The van der Waals surface area contributed by atoms with Gasteiger partial charge >= 0.3 is 0 Å². The van der Waals surface area contributed by atoms with Crippen molar-refractivity contribution in [2.45, 2.75) is 37.2 Å². The Morgan fingerprint density at radius 3 is 2.31 bits per heavy atom. The van der Waals surface area contributed by atoms with Gasteiger partial charge < -0.3 is 18.4 Å². The first kappa shape index (κ1) is 18.2. The maximum atomic E-state index is 5.70. The second-order valence-corrected chi connectivity index (χ2v) is 7.45. The second kappa shape index (κ2) is 7.36. The number of hydrogen-bond acceptors (Lipinski definition) is 9. The maximum Gasteiger partial charge on any atom is 0.277 e. The van der Waals surface area contributed by atoms with Gasteiger partial charge in [0, 0.05) is 17.0 Å². The number of benzene rings is 1. The van der Waals surface area contributed by atoms with Crippen LogP contribution in [0.2, 0.25) is 0 Å². The van der Waals surface area contributed by atoms with Crippen LogP contribution in [0.4, 0.5) is 0 Å². The standard InChI is InChI=1S/C17H20N4O4S/c1-17(2,3)15-18-13(25-21-15)9-26-16-20-19-14(24-16)10-6-11(22-4)8-12(7-10)23-5/h6-8H,9H2,1-5H3. The number of nitrogens with zero attached hydrogens (tertiary/aromatic N) is 4. The molecule has 0 fully saturated rings. The molecule has 2 heterocycles. The van der Waals surface area contributed by atoms with E-state index in [1.54, 1.807) is 32.4 Å². The van der Waals surface area contributed by atoms with Crippen molar-refractivity contribution in [1.82, 2.24) is 20.3 Å². The first-order chi connectivity index (χ1) is 12.4. The highest BCUT2D eigenvalue weighted by molar-refractivity contribution is 7.98. The van der Waals surface area contributed by atoms with E-state index in [0.717, 1.165) is 0 Å². The number of aromatic nitrogens is 4. The van der Waals surface area contributed by atoms with Gasteiger partial charge in [0.2, 0.25) is 11.8 Å². The molecule has 0 aliphatic heterocycles. The van der Waals surface area contributed by atoms with E-state index in [1.165, 1.54) is 11.8 Å². The van der Waals surface area contributed by atoms with Crippen molar-refractivity contribution in [2.75, 3.05) is 14.2 Å². The molecule has 0 atom stereocenters. The molecule has 26 heavy (non-hydrogen) atoms. The number of rotatable bonds is 6. The molecule has 138 valence electrons. The van der Waals surface area contributed by atoms with Gasteiger partial charge in [-0.3, -0.25) is 0 Å². The van der Waals surface area contributed by atoms with Crippen LogP contribution in [0.3, 0.4) is 0 Å². The van der Waals surface area contributed by atoms with Gasteiger partial charge in [-0.2, -0.15) is 4.98 Å². The van der Waals surface area contributed by atoms with Crippen LogP contribution in [0.15, 0.2) is 32.4 Å². The van der Waals surface area contributed by atoms with Crippen molar-refractivity contribution in [1.29, 1.82) is 0 Å². The molecule has 2 aromatic heterocycles. The molecule has 0 radical (unpaired) electrons. The lowest BCUT2D eigenvalue weighted by atomic mass is 9.96. The highest BCUT2D eigenvalue weighted by Gasteiger charge is 2.21. The third-order valence-corrected chi connectivity index (χ3v) is 4.27. The monoisotopic (exact) mass is 376 g/mol. The topological polar surface area (TPSA) is 96.3 Å². The molecule has 0 bridgehead atoms. The summed E-state index contributed by atoms with van der Waals surface area (Å²) in [6.45, 7) is 6.09. The van der Waals surface area contributed by atoms with Crippen molar-refractivity contribution in [3.8, 4) is 23.0 Å². The van der Waals surface area contributed by atoms with Crippen LogP contribution in [0.5, 0.6) is 11.5 Å². The molecular formula is C17H20N4O4S. The van der Waals surface area contributed by atoms with Crippen LogP contribution in [-0.2, 0) is 11.2 Å². The van der Waals surface area contributed by atoms with Crippen LogP contribution in [0, 0.1) is 0 Å². The molecule has 0 unspecified atom stereocenters. The summed E-state index contributed by atoms with van der Waals surface area (Å²) >= 11 is 1.33. The van der Waals surface area contributed by atoms with E-state index in [2.05, 4.69) is 20.3 Å². The minimum absolute atomic E-state index is 0.157. The molecule has 0 saturated heterocycles. The summed E-state index contributed by atoms with van der Waals surface area (Å²) in [5.74, 6) is 3.31. The number of hydrogen-bond donors (Lipinski definition) is 0. The molecule has 0 aliphatic carbocycles. The SMILES string of the molecule is COc1cc(OC)cc(-c2nnc(SCc3nc(C(C)(C)C)no3)o2)c1. The minimum Gasteiger partial charge on any atom is -0.497 e. The first-order valence-corrected chi connectivity index (χ1v) is 8.90. The van der Waals surface area contributed by atoms with Gasteiger partial charge in [-0.15, -0.1) is 10.2 Å². The van der Waals surface area contributed by atoms with E-state index < -0.39 is 0 Å². The van der Waals surface area contributed by atoms with Crippen molar-refractivity contribution in [3.63, 3.8) is 0 Å². The average Bonchev–Trinajstić information content (AvgIpc) is 3.28. The van der Waals surface area contributed by atoms with E-state index in [-0.39, 0.29) is 5.41 Å². The molecule has 1 aromatic carbocycles. The zero-order valence-corrected chi connectivity index (χ0v) is 16.1. The molecule has 0 N–H and O–H groups in total. The smallest absolute Gasteiger partial charge is 0.277 e. The molecule has 3 rings (SSSR count). The summed E-state index contributed by atoms with van der Waals surface area (Å²) in [6.07, 6.45) is 0. The highest BCUT2D eigenvalue weighted by atomic mass is 32.2. The van der Waals surface area contributed by atoms with Crippen LogP contribution < -0.4 is 9.47 Å². The zero-order chi connectivity index (χ0) is 18.7. The lowest BCUT2D eigenvalue weighted by molar-refractivity contribution is 0.372. The molecule has 8 nitrogen and oxygen atoms in total. The fourth-order valence-electron chi connectivity index (χ4n) is 2.06. The Morgan fingerprint density at radius 1 is 1.04 bits per heavy atom. The van der Waals surface area contributed by atoms with Gasteiger partial charge in [0.25, 0.3) is 5.22 Å². The van der Waals surface area contributed by atoms with E-state index in [1.807, 2.05) is 20.8 Å². The molecule has 0 amide bonds. The summed E-state index contributed by atoms with van der Waals surface area (Å²) in [5, 5.41) is 12.5. The maximum absolute atomic E-state index is 5.70. The summed E-state index contributed by atoms with van der Waals surface area (Å²) in [5.41, 5.74) is 0.559. The highest BCUT2D eigenvalue weighted by Crippen LogP contribution is 2.31. The van der Waals surface area contributed by atoms with E-state index in [9.17, 15) is 0 Å². The number of ether oxygens (including phenoxy) is 2. The predicted molar refractivity (Wildman–Crippen MR) is 95.4 cm³/mol. The van der Waals surface area contributed by atoms with Crippen LogP contribution in [0.25, 0.3) is 11.5 Å². The van der Waals surface area contributed by atoms with Gasteiger partial charge in [-0.05, 0) is 12.1 Å². The molecule has 0 aliphatic rings. The van der Waals surface area contributed by atoms with Gasteiger partial charge in [0.15, 0.2) is 5.82 Å². The van der Waals surface area contributed by atoms with Crippen LogP contribution >= 0.6 is 11.8 Å². The Bertz CT molecular complexity index is 863. The Balaban J connectivity index is 1.71. The normalized spacial score (nSPS) is 11.6. The van der Waals surface area contributed by atoms with Crippen LogP contribution in [0.1, 0.15) is 32.5 Å². The van der Waals surface area contributed by atoms with Crippen molar-refractivity contribution in [2.24, 2.45) is 0 Å². The Kier molecular flexibility index (Phi) is 5.17. The van der Waals surface area contributed by atoms with Gasteiger partial charge in [-0.1, -0.05) is 37.7 Å². The minimum atomic E-state index is -0.157. The van der Waals surface area contributed by atoms with Gasteiger partial charge in [0.1, 0.15) is 11.5 Å².